The zero-order valence-corrected chi connectivity index (χ0v) is 47.9. The van der Waals surface area contributed by atoms with Gasteiger partial charge in [0.15, 0.2) is 0 Å². The molecule has 14 nitrogen and oxygen atoms in total. The number of benzene rings is 6. The molecule has 14 heteroatoms. The second-order valence-corrected chi connectivity index (χ2v) is 23.0. The molecule has 0 saturated heterocycles. The molecule has 2 unspecified atom stereocenters. The topological polar surface area (TPSA) is 172 Å². The Balaban J connectivity index is 0.711. The van der Waals surface area contributed by atoms with E-state index in [0.29, 0.717) is 77.7 Å². The van der Waals surface area contributed by atoms with Crippen LogP contribution in [0.4, 0.5) is 9.59 Å². The number of amides is 4. The zero-order valence-electron chi connectivity index (χ0n) is 47.9. The smallest absolute Gasteiger partial charge is 0.407 e. The first-order chi connectivity index (χ1) is 39.1. The van der Waals surface area contributed by atoms with Crippen molar-refractivity contribution in [1.82, 2.24) is 21.3 Å². The lowest BCUT2D eigenvalue weighted by atomic mass is 9.88. The maximum Gasteiger partial charge on any atom is 0.407 e. The Labute approximate surface area is 478 Å². The van der Waals surface area contributed by atoms with E-state index >= 15 is 0 Å². The number of carbonyl (C=O) groups excluding carboxylic acids is 4. The summed E-state index contributed by atoms with van der Waals surface area (Å²) in [5.41, 5.74) is 11.8. The first-order valence-corrected chi connectivity index (χ1v) is 28.5. The number of nitrogens with one attached hydrogen (secondary N) is 4. The van der Waals surface area contributed by atoms with Crippen molar-refractivity contribution < 1.29 is 47.6 Å². The quantitative estimate of drug-likeness (QED) is 0.0347. The molecule has 0 aliphatic heterocycles. The van der Waals surface area contributed by atoms with Crippen molar-refractivity contribution in [3.8, 4) is 28.0 Å². The number of alkyl carbamates (subject to hydrolysis) is 2. The van der Waals surface area contributed by atoms with E-state index in [9.17, 15) is 19.2 Å². The normalized spacial score (nSPS) is 13.5. The number of hydrogen-bond acceptors (Lipinski definition) is 10. The third-order valence-corrected chi connectivity index (χ3v) is 14.2. The SMILES string of the molecule is CC(C)(C)Cc1ccc(CC(NC(=O)OCC2c3ccccc3-c3ccccc32)C(=O)NCCCOCCOCCOCCCNC(=O)C(Cc2ccc(OC(C)(C)C)cc2)NC(=O)OCC2c3ccccc3-c3ccccc32)cc1. The van der Waals surface area contributed by atoms with Crippen LogP contribution in [-0.4, -0.2) is 108 Å². The van der Waals surface area contributed by atoms with Gasteiger partial charge in [-0.25, -0.2) is 9.59 Å². The Hall–Kier alpha value is -7.52. The molecule has 428 valence electrons. The molecule has 6 aromatic carbocycles. The van der Waals surface area contributed by atoms with Crippen molar-refractivity contribution in [3.05, 3.63) is 185 Å². The van der Waals surface area contributed by atoms with Gasteiger partial charge in [-0.15, -0.1) is 0 Å². The van der Waals surface area contributed by atoms with E-state index in [1.54, 1.807) is 0 Å². The Morgan fingerprint density at radius 1 is 0.444 bits per heavy atom. The summed E-state index contributed by atoms with van der Waals surface area (Å²) in [6, 6.07) is 46.7. The molecule has 0 fully saturated rings. The van der Waals surface area contributed by atoms with Gasteiger partial charge in [0, 0.05) is 51.0 Å². The molecule has 0 radical (unpaired) electrons. The Morgan fingerprint density at radius 3 is 1.16 bits per heavy atom. The molecule has 0 saturated carbocycles. The molecule has 81 heavy (non-hydrogen) atoms. The van der Waals surface area contributed by atoms with Crippen molar-refractivity contribution >= 4 is 24.0 Å². The fourth-order valence-corrected chi connectivity index (χ4v) is 10.5. The van der Waals surface area contributed by atoms with E-state index < -0.39 is 24.3 Å². The Bertz CT molecular complexity index is 2730. The zero-order chi connectivity index (χ0) is 57.2. The predicted octanol–water partition coefficient (Wildman–Crippen LogP) is 11.1. The fraction of sp³-hybridized carbons (Fsp3) is 0.403. The average Bonchev–Trinajstić information content (AvgIpc) is 4.20. The highest BCUT2D eigenvalue weighted by molar-refractivity contribution is 5.87. The van der Waals surface area contributed by atoms with E-state index in [2.05, 4.69) is 103 Å². The second-order valence-electron chi connectivity index (χ2n) is 23.0. The standard InChI is InChI=1S/C67H80N4O10/c1-66(2,3)43-48-27-25-46(26-28-48)41-60(70-64(74)79-44-58-54-21-11-7-17-50(54)51-18-8-12-22-55(51)58)62(72)68-33-15-35-76-37-39-78-40-38-77-36-16-34-69-63(73)61(42-47-29-31-49(32-30-47)81-67(4,5)6)71-65(75)80-45-59-56-23-13-9-19-52(56)53-20-10-14-24-57(53)59/h7-14,17-32,58-61H,15-16,33-45H2,1-6H3,(H,68,72)(H,69,73)(H,70,74)(H,71,75). The van der Waals surface area contributed by atoms with Crippen molar-refractivity contribution in [1.29, 1.82) is 0 Å². The molecule has 8 rings (SSSR count). The summed E-state index contributed by atoms with van der Waals surface area (Å²) < 4.78 is 34.9. The molecule has 0 bridgehead atoms. The van der Waals surface area contributed by atoms with Crippen LogP contribution in [0.2, 0.25) is 0 Å². The van der Waals surface area contributed by atoms with Crippen LogP contribution in [-0.2, 0) is 52.5 Å². The number of rotatable bonds is 28. The van der Waals surface area contributed by atoms with Gasteiger partial charge in [-0.3, -0.25) is 9.59 Å². The summed E-state index contributed by atoms with van der Waals surface area (Å²) in [7, 11) is 0. The molecular formula is C67H80N4O10. The van der Waals surface area contributed by atoms with Gasteiger partial charge in [0.2, 0.25) is 11.8 Å². The van der Waals surface area contributed by atoms with Gasteiger partial charge in [-0.2, -0.15) is 0 Å². The highest BCUT2D eigenvalue weighted by Crippen LogP contribution is 2.46. The van der Waals surface area contributed by atoms with Crippen molar-refractivity contribution in [2.24, 2.45) is 5.41 Å². The lowest BCUT2D eigenvalue weighted by Crippen LogP contribution is -2.48. The van der Waals surface area contributed by atoms with Gasteiger partial charge in [-0.05, 0) is 119 Å². The molecule has 4 N–H and O–H groups in total. The third-order valence-electron chi connectivity index (χ3n) is 14.2. The third kappa shape index (κ3) is 17.7. The second kappa shape index (κ2) is 28.8. The largest absolute Gasteiger partial charge is 0.488 e. The summed E-state index contributed by atoms with van der Waals surface area (Å²) in [5.74, 6) is -0.129. The van der Waals surface area contributed by atoms with Crippen LogP contribution in [0, 0.1) is 5.41 Å². The first-order valence-electron chi connectivity index (χ1n) is 28.5. The van der Waals surface area contributed by atoms with Crippen molar-refractivity contribution in [3.63, 3.8) is 0 Å². The van der Waals surface area contributed by atoms with Crippen LogP contribution in [0.15, 0.2) is 146 Å². The predicted molar refractivity (Wildman–Crippen MR) is 316 cm³/mol. The van der Waals surface area contributed by atoms with Crippen molar-refractivity contribution in [2.75, 3.05) is 65.9 Å². The minimum Gasteiger partial charge on any atom is -0.488 e. The fourth-order valence-electron chi connectivity index (χ4n) is 10.5. The highest BCUT2D eigenvalue weighted by atomic mass is 16.6. The summed E-state index contributed by atoms with van der Waals surface area (Å²) >= 11 is 0. The molecule has 2 atom stereocenters. The number of carbonyl (C=O) groups is 4. The first kappa shape index (κ1) is 59.6. The van der Waals surface area contributed by atoms with Crippen LogP contribution in [0.3, 0.4) is 0 Å². The van der Waals surface area contributed by atoms with E-state index in [1.165, 1.54) is 5.56 Å². The van der Waals surface area contributed by atoms with Gasteiger partial charge < -0.3 is 49.7 Å². The molecule has 2 aliphatic carbocycles. The Kier molecular flexibility index (Phi) is 21.2. The summed E-state index contributed by atoms with van der Waals surface area (Å²) in [6.07, 6.45) is 1.28. The monoisotopic (exact) mass is 1100 g/mol. The molecular weight excluding hydrogens is 1020 g/mol. The minimum absolute atomic E-state index is 0.100. The molecule has 0 aromatic heterocycles. The van der Waals surface area contributed by atoms with E-state index in [0.717, 1.165) is 62.1 Å². The van der Waals surface area contributed by atoms with Gasteiger partial charge in [0.05, 0.1) is 26.4 Å². The van der Waals surface area contributed by atoms with E-state index in [4.69, 9.17) is 28.4 Å². The van der Waals surface area contributed by atoms with Gasteiger partial charge in [-0.1, -0.05) is 154 Å². The van der Waals surface area contributed by atoms with Crippen LogP contribution >= 0.6 is 0 Å². The Morgan fingerprint density at radius 2 is 0.790 bits per heavy atom. The molecule has 0 heterocycles. The number of hydrogen-bond donors (Lipinski definition) is 4. The molecule has 0 spiro atoms. The maximum atomic E-state index is 13.7. The summed E-state index contributed by atoms with van der Waals surface area (Å²) in [4.78, 5) is 54.1. The summed E-state index contributed by atoms with van der Waals surface area (Å²) in [6.45, 7) is 15.8. The number of ether oxygens (including phenoxy) is 6. The summed E-state index contributed by atoms with van der Waals surface area (Å²) in [5, 5.41) is 11.6. The maximum absolute atomic E-state index is 13.7. The molecule has 6 aromatic rings. The lowest BCUT2D eigenvalue weighted by Gasteiger charge is -2.22. The van der Waals surface area contributed by atoms with Gasteiger partial charge >= 0.3 is 12.2 Å². The van der Waals surface area contributed by atoms with Crippen molar-refractivity contribution in [2.45, 2.75) is 103 Å². The molecule has 4 amide bonds. The van der Waals surface area contributed by atoms with E-state index in [-0.39, 0.29) is 54.3 Å². The van der Waals surface area contributed by atoms with Crippen LogP contribution in [0.25, 0.3) is 22.3 Å². The van der Waals surface area contributed by atoms with Gasteiger partial charge in [0.25, 0.3) is 0 Å². The minimum atomic E-state index is -0.888. The van der Waals surface area contributed by atoms with E-state index in [1.807, 2.05) is 106 Å². The lowest BCUT2D eigenvalue weighted by molar-refractivity contribution is -0.123. The van der Waals surface area contributed by atoms with Crippen LogP contribution in [0.5, 0.6) is 5.75 Å². The van der Waals surface area contributed by atoms with Gasteiger partial charge in [0.1, 0.15) is 36.6 Å². The van der Waals surface area contributed by atoms with Crippen LogP contribution < -0.4 is 26.0 Å². The number of fused-ring (bicyclic) bond motifs is 6. The average molecular weight is 1100 g/mol. The highest BCUT2D eigenvalue weighted by Gasteiger charge is 2.32. The van der Waals surface area contributed by atoms with Crippen LogP contribution in [0.1, 0.15) is 105 Å². The molecule has 2 aliphatic rings.